The Morgan fingerprint density at radius 3 is 2.44 bits per heavy atom. The van der Waals surface area contributed by atoms with Gasteiger partial charge in [-0.3, -0.25) is 4.79 Å². The first-order valence-corrected chi connectivity index (χ1v) is 2.98. The Hall–Kier alpha value is -0.410. The Kier molecular flexibility index (Phi) is 4.26. The van der Waals surface area contributed by atoms with Gasteiger partial charge in [-0.15, -0.1) is 0 Å². The molecule has 0 saturated heterocycles. The van der Waals surface area contributed by atoms with Gasteiger partial charge in [-0.05, 0) is 14.0 Å². The molecule has 54 valence electrons. The largest absolute Gasteiger partial charge is 0.396 e. The first kappa shape index (κ1) is 8.59. The average Bonchev–Trinajstić information content (AvgIpc) is 1.82. The van der Waals surface area contributed by atoms with E-state index in [1.54, 1.807) is 7.05 Å². The van der Waals surface area contributed by atoms with Gasteiger partial charge in [0.25, 0.3) is 0 Å². The van der Waals surface area contributed by atoms with Gasteiger partial charge < -0.3 is 10.4 Å². The number of aliphatic hydroxyl groups is 1. The summed E-state index contributed by atoms with van der Waals surface area (Å²) < 4.78 is 0. The predicted molar refractivity (Wildman–Crippen MR) is 35.2 cm³/mol. The molecule has 0 aromatic carbocycles. The maximum atomic E-state index is 10.6. The van der Waals surface area contributed by atoms with Gasteiger partial charge in [0.2, 0.25) is 0 Å². The molecule has 0 aliphatic rings. The average molecular weight is 131 g/mol. The highest BCUT2D eigenvalue weighted by Gasteiger charge is 2.09. The van der Waals surface area contributed by atoms with E-state index in [1.165, 1.54) is 6.92 Å². The van der Waals surface area contributed by atoms with Crippen LogP contribution in [0.3, 0.4) is 0 Å². The molecule has 0 rings (SSSR count). The van der Waals surface area contributed by atoms with Gasteiger partial charge in [0, 0.05) is 6.54 Å². The van der Waals surface area contributed by atoms with Crippen LogP contribution in [0.15, 0.2) is 0 Å². The lowest BCUT2D eigenvalue weighted by Gasteiger charge is -2.07. The third-order valence-electron chi connectivity index (χ3n) is 1.25. The Balaban J connectivity index is 3.54. The third-order valence-corrected chi connectivity index (χ3v) is 1.25. The van der Waals surface area contributed by atoms with Crippen molar-refractivity contribution in [1.82, 2.24) is 5.32 Å². The summed E-state index contributed by atoms with van der Waals surface area (Å²) in [5.41, 5.74) is 0. The Bertz CT molecular complexity index is 93.1. The molecule has 3 heteroatoms. The molecule has 0 aromatic rings. The van der Waals surface area contributed by atoms with Crippen LogP contribution in [0.25, 0.3) is 0 Å². The minimum Gasteiger partial charge on any atom is -0.396 e. The topological polar surface area (TPSA) is 49.3 Å². The molecule has 0 amide bonds. The van der Waals surface area contributed by atoms with Crippen LogP contribution in [0.4, 0.5) is 0 Å². The molecule has 1 unspecified atom stereocenters. The minimum absolute atomic E-state index is 0.0341. The van der Waals surface area contributed by atoms with Crippen LogP contribution in [-0.4, -0.2) is 31.1 Å². The van der Waals surface area contributed by atoms with Crippen molar-refractivity contribution in [2.75, 3.05) is 20.2 Å². The van der Waals surface area contributed by atoms with E-state index in [-0.39, 0.29) is 18.3 Å². The highest BCUT2D eigenvalue weighted by molar-refractivity contribution is 5.78. The van der Waals surface area contributed by atoms with Crippen LogP contribution < -0.4 is 5.32 Å². The fraction of sp³-hybridized carbons (Fsp3) is 0.833. The van der Waals surface area contributed by atoms with Gasteiger partial charge in [0.1, 0.15) is 5.78 Å². The van der Waals surface area contributed by atoms with Crippen molar-refractivity contribution in [2.24, 2.45) is 5.92 Å². The summed E-state index contributed by atoms with van der Waals surface area (Å²) in [7, 11) is 1.76. The van der Waals surface area contributed by atoms with Crippen molar-refractivity contribution in [3.05, 3.63) is 0 Å². The molecule has 0 radical (unpaired) electrons. The van der Waals surface area contributed by atoms with Gasteiger partial charge in [0.15, 0.2) is 0 Å². The normalized spacial score (nSPS) is 13.2. The zero-order valence-corrected chi connectivity index (χ0v) is 5.85. The first-order chi connectivity index (χ1) is 4.22. The van der Waals surface area contributed by atoms with Crippen LogP contribution in [0.2, 0.25) is 0 Å². The summed E-state index contributed by atoms with van der Waals surface area (Å²) in [6.07, 6.45) is 0. The van der Waals surface area contributed by atoms with Crippen molar-refractivity contribution in [2.45, 2.75) is 6.92 Å². The molecule has 0 spiro atoms. The van der Waals surface area contributed by atoms with E-state index in [9.17, 15) is 4.79 Å². The van der Waals surface area contributed by atoms with Crippen molar-refractivity contribution < 1.29 is 9.90 Å². The number of carbonyl (C=O) groups excluding carboxylic acids is 1. The molecular formula is C6H13NO2. The van der Waals surface area contributed by atoms with E-state index in [0.29, 0.717) is 6.54 Å². The Morgan fingerprint density at radius 1 is 1.78 bits per heavy atom. The first-order valence-electron chi connectivity index (χ1n) is 2.98. The summed E-state index contributed by atoms with van der Waals surface area (Å²) in [4.78, 5) is 10.6. The van der Waals surface area contributed by atoms with Crippen molar-refractivity contribution in [1.29, 1.82) is 0 Å². The van der Waals surface area contributed by atoms with E-state index >= 15 is 0 Å². The van der Waals surface area contributed by atoms with E-state index in [2.05, 4.69) is 5.32 Å². The minimum atomic E-state index is -0.227. The highest BCUT2D eigenvalue weighted by Crippen LogP contribution is 1.92. The smallest absolute Gasteiger partial charge is 0.136 e. The molecule has 0 fully saturated rings. The number of hydrogen-bond donors (Lipinski definition) is 2. The molecule has 9 heavy (non-hydrogen) atoms. The number of nitrogens with one attached hydrogen (secondary N) is 1. The molecule has 0 aliphatic carbocycles. The van der Waals surface area contributed by atoms with E-state index in [0.717, 1.165) is 0 Å². The lowest BCUT2D eigenvalue weighted by Crippen LogP contribution is -2.27. The molecule has 0 heterocycles. The highest BCUT2D eigenvalue weighted by atomic mass is 16.3. The molecule has 0 saturated carbocycles. The van der Waals surface area contributed by atoms with Gasteiger partial charge in [-0.25, -0.2) is 0 Å². The van der Waals surface area contributed by atoms with E-state index in [1.807, 2.05) is 0 Å². The summed E-state index contributed by atoms with van der Waals surface area (Å²) in [5, 5.41) is 11.4. The van der Waals surface area contributed by atoms with Crippen LogP contribution in [0.1, 0.15) is 6.92 Å². The number of ketones is 1. The number of aliphatic hydroxyl groups excluding tert-OH is 1. The van der Waals surface area contributed by atoms with E-state index < -0.39 is 0 Å². The van der Waals surface area contributed by atoms with Crippen molar-refractivity contribution in [3.63, 3.8) is 0 Å². The maximum absolute atomic E-state index is 10.6. The summed E-state index contributed by atoms with van der Waals surface area (Å²) in [6.45, 7) is 1.99. The number of Topliss-reactive ketones (excluding diaryl/α,β-unsaturated/α-hetero) is 1. The standard InChI is InChI=1S/C6H13NO2/c1-5(9)6(4-8)3-7-2/h6-8H,3-4H2,1-2H3. The molecule has 0 bridgehead atoms. The molecule has 0 aliphatic heterocycles. The lowest BCUT2D eigenvalue weighted by molar-refractivity contribution is -0.121. The molecule has 2 N–H and O–H groups in total. The summed E-state index contributed by atoms with van der Waals surface area (Å²) in [5.74, 6) is -0.193. The van der Waals surface area contributed by atoms with Crippen LogP contribution in [-0.2, 0) is 4.79 Å². The van der Waals surface area contributed by atoms with Crippen LogP contribution in [0.5, 0.6) is 0 Å². The van der Waals surface area contributed by atoms with Gasteiger partial charge in [-0.1, -0.05) is 0 Å². The third kappa shape index (κ3) is 3.21. The van der Waals surface area contributed by atoms with Crippen molar-refractivity contribution >= 4 is 5.78 Å². The quantitative estimate of drug-likeness (QED) is 0.536. The van der Waals surface area contributed by atoms with Gasteiger partial charge in [0.05, 0.1) is 12.5 Å². The lowest BCUT2D eigenvalue weighted by atomic mass is 10.1. The molecule has 0 aromatic heterocycles. The Labute approximate surface area is 55.1 Å². The zero-order chi connectivity index (χ0) is 7.28. The number of carbonyl (C=O) groups is 1. The van der Waals surface area contributed by atoms with Gasteiger partial charge >= 0.3 is 0 Å². The summed E-state index contributed by atoms with van der Waals surface area (Å²) in [6, 6.07) is 0. The second-order valence-electron chi connectivity index (χ2n) is 2.05. The van der Waals surface area contributed by atoms with E-state index in [4.69, 9.17) is 5.11 Å². The second-order valence-corrected chi connectivity index (χ2v) is 2.05. The Morgan fingerprint density at radius 2 is 2.33 bits per heavy atom. The van der Waals surface area contributed by atoms with Crippen LogP contribution >= 0.6 is 0 Å². The van der Waals surface area contributed by atoms with Crippen molar-refractivity contribution in [3.8, 4) is 0 Å². The molecular weight excluding hydrogens is 118 g/mol. The fourth-order valence-corrected chi connectivity index (χ4v) is 0.583. The number of hydrogen-bond acceptors (Lipinski definition) is 3. The summed E-state index contributed by atoms with van der Waals surface area (Å²) >= 11 is 0. The number of rotatable bonds is 4. The monoisotopic (exact) mass is 131 g/mol. The molecule has 1 atom stereocenters. The van der Waals surface area contributed by atoms with Crippen LogP contribution in [0, 0.1) is 5.92 Å². The molecule has 3 nitrogen and oxygen atoms in total. The zero-order valence-electron chi connectivity index (χ0n) is 5.85. The fourth-order valence-electron chi connectivity index (χ4n) is 0.583. The second kappa shape index (κ2) is 4.47. The van der Waals surface area contributed by atoms with Gasteiger partial charge in [-0.2, -0.15) is 0 Å². The SMILES string of the molecule is CNCC(CO)C(C)=O. The predicted octanol–water partition coefficient (Wildman–Crippen LogP) is -0.597. The maximum Gasteiger partial charge on any atom is 0.136 e.